The molecule has 160 valence electrons. The molecule has 1 aliphatic heterocycles. The van der Waals surface area contributed by atoms with Gasteiger partial charge in [-0.25, -0.2) is 4.79 Å². The molecule has 1 unspecified atom stereocenters. The molecule has 1 atom stereocenters. The lowest BCUT2D eigenvalue weighted by Crippen LogP contribution is -2.43. The number of benzene rings is 2. The first kappa shape index (κ1) is 21.5. The van der Waals surface area contributed by atoms with Crippen LogP contribution in [0.3, 0.4) is 0 Å². The Hall–Kier alpha value is -3.22. The Morgan fingerprint density at radius 2 is 1.93 bits per heavy atom. The van der Waals surface area contributed by atoms with Crippen LogP contribution in [0.15, 0.2) is 36.4 Å². The predicted octanol–water partition coefficient (Wildman–Crippen LogP) is 3.32. The van der Waals surface area contributed by atoms with Crippen molar-refractivity contribution in [2.45, 2.75) is 39.8 Å². The van der Waals surface area contributed by atoms with Gasteiger partial charge >= 0.3 is 6.03 Å². The van der Waals surface area contributed by atoms with Crippen LogP contribution >= 0.6 is 0 Å². The molecule has 0 aromatic heterocycles. The van der Waals surface area contributed by atoms with Gasteiger partial charge in [-0.2, -0.15) is 0 Å². The summed E-state index contributed by atoms with van der Waals surface area (Å²) in [6.07, 6.45) is 0.289. The molecule has 0 bridgehead atoms. The van der Waals surface area contributed by atoms with Gasteiger partial charge in [0, 0.05) is 25.2 Å². The topological polar surface area (TPSA) is 79.9 Å². The van der Waals surface area contributed by atoms with Crippen molar-refractivity contribution in [3.63, 3.8) is 0 Å². The molecule has 0 radical (unpaired) electrons. The summed E-state index contributed by atoms with van der Waals surface area (Å²) < 4.78 is 10.8. The summed E-state index contributed by atoms with van der Waals surface area (Å²) in [5.74, 6) is 1.31. The third kappa shape index (κ3) is 5.03. The molecule has 1 fully saturated rings. The molecule has 3 rings (SSSR count). The van der Waals surface area contributed by atoms with Crippen LogP contribution < -0.4 is 25.0 Å². The van der Waals surface area contributed by atoms with E-state index in [2.05, 4.69) is 10.6 Å². The minimum atomic E-state index is -0.302. The van der Waals surface area contributed by atoms with E-state index in [0.717, 1.165) is 16.8 Å². The van der Waals surface area contributed by atoms with Crippen LogP contribution in [0.2, 0.25) is 0 Å². The molecule has 0 aliphatic carbocycles. The van der Waals surface area contributed by atoms with E-state index in [1.807, 2.05) is 57.2 Å². The maximum atomic E-state index is 12.4. The molecule has 1 heterocycles. The van der Waals surface area contributed by atoms with Gasteiger partial charge in [0.15, 0.2) is 11.5 Å². The minimum Gasteiger partial charge on any atom is -0.493 e. The summed E-state index contributed by atoms with van der Waals surface area (Å²) in [5.41, 5.74) is 4.09. The first-order chi connectivity index (χ1) is 14.4. The van der Waals surface area contributed by atoms with Crippen molar-refractivity contribution in [1.29, 1.82) is 0 Å². The van der Waals surface area contributed by atoms with Gasteiger partial charge in [-0.3, -0.25) is 4.79 Å². The molecular formula is C23H29N3O4. The maximum absolute atomic E-state index is 12.4. The Labute approximate surface area is 177 Å². The largest absolute Gasteiger partial charge is 0.493 e. The highest BCUT2D eigenvalue weighted by molar-refractivity contribution is 5.96. The molecule has 2 aromatic carbocycles. The maximum Gasteiger partial charge on any atom is 0.315 e. The fourth-order valence-corrected chi connectivity index (χ4v) is 3.47. The van der Waals surface area contributed by atoms with Crippen molar-refractivity contribution < 1.29 is 19.1 Å². The highest BCUT2D eigenvalue weighted by Gasteiger charge is 2.31. The molecule has 0 saturated carbocycles. The first-order valence-corrected chi connectivity index (χ1v) is 10.1. The van der Waals surface area contributed by atoms with E-state index in [9.17, 15) is 9.59 Å². The van der Waals surface area contributed by atoms with E-state index in [4.69, 9.17) is 9.47 Å². The SMILES string of the molecule is CCOc1cc(CNC(=O)NC2CC(=O)N(c3ccc(C)c(C)c3)C2)ccc1OC. The molecule has 1 saturated heterocycles. The molecule has 2 N–H and O–H groups in total. The van der Waals surface area contributed by atoms with Gasteiger partial charge in [0.1, 0.15) is 0 Å². The molecule has 7 heteroatoms. The van der Waals surface area contributed by atoms with Gasteiger partial charge in [0.05, 0.1) is 19.8 Å². The van der Waals surface area contributed by atoms with Gasteiger partial charge in [-0.15, -0.1) is 0 Å². The number of anilines is 1. The average molecular weight is 412 g/mol. The second-order valence-corrected chi connectivity index (χ2v) is 7.42. The third-order valence-corrected chi connectivity index (χ3v) is 5.24. The lowest BCUT2D eigenvalue weighted by molar-refractivity contribution is -0.117. The number of hydrogen-bond acceptors (Lipinski definition) is 4. The number of aryl methyl sites for hydroxylation is 2. The highest BCUT2D eigenvalue weighted by atomic mass is 16.5. The number of carbonyl (C=O) groups excluding carboxylic acids is 2. The van der Waals surface area contributed by atoms with E-state index < -0.39 is 0 Å². The fourth-order valence-electron chi connectivity index (χ4n) is 3.47. The van der Waals surface area contributed by atoms with E-state index >= 15 is 0 Å². The lowest BCUT2D eigenvalue weighted by Gasteiger charge is -2.18. The molecule has 0 spiro atoms. The molecule has 3 amide bonds. The number of methoxy groups -OCH3 is 1. The van der Waals surface area contributed by atoms with Gasteiger partial charge in [-0.1, -0.05) is 12.1 Å². The van der Waals surface area contributed by atoms with Crippen molar-refractivity contribution >= 4 is 17.6 Å². The van der Waals surface area contributed by atoms with Crippen LogP contribution in [0.1, 0.15) is 30.0 Å². The van der Waals surface area contributed by atoms with Gasteiger partial charge in [0.2, 0.25) is 5.91 Å². The van der Waals surface area contributed by atoms with Crippen molar-refractivity contribution in [1.82, 2.24) is 10.6 Å². The van der Waals surface area contributed by atoms with Crippen LogP contribution in [0.4, 0.5) is 10.5 Å². The highest BCUT2D eigenvalue weighted by Crippen LogP contribution is 2.28. The van der Waals surface area contributed by atoms with Crippen LogP contribution in [-0.4, -0.2) is 38.2 Å². The zero-order chi connectivity index (χ0) is 21.7. The second kappa shape index (κ2) is 9.52. The van der Waals surface area contributed by atoms with Gasteiger partial charge in [0.25, 0.3) is 0 Å². The van der Waals surface area contributed by atoms with E-state index in [1.54, 1.807) is 12.0 Å². The Balaban J connectivity index is 1.55. The quantitative estimate of drug-likeness (QED) is 0.733. The molecule has 1 aliphatic rings. The van der Waals surface area contributed by atoms with E-state index in [1.165, 1.54) is 5.56 Å². The summed E-state index contributed by atoms with van der Waals surface area (Å²) in [4.78, 5) is 26.5. The van der Waals surface area contributed by atoms with Crippen molar-refractivity contribution in [3.8, 4) is 11.5 Å². The smallest absolute Gasteiger partial charge is 0.315 e. The van der Waals surface area contributed by atoms with Crippen LogP contribution in [-0.2, 0) is 11.3 Å². The van der Waals surface area contributed by atoms with Gasteiger partial charge in [-0.05, 0) is 61.7 Å². The zero-order valence-electron chi connectivity index (χ0n) is 18.0. The monoisotopic (exact) mass is 411 g/mol. The number of amides is 3. The minimum absolute atomic E-state index is 0.0139. The lowest BCUT2D eigenvalue weighted by atomic mass is 10.1. The van der Waals surface area contributed by atoms with Crippen molar-refractivity contribution in [2.75, 3.05) is 25.2 Å². The van der Waals surface area contributed by atoms with E-state index in [0.29, 0.717) is 31.2 Å². The average Bonchev–Trinajstić information content (AvgIpc) is 3.09. The number of nitrogens with one attached hydrogen (secondary N) is 2. The molecule has 7 nitrogen and oxygen atoms in total. The first-order valence-electron chi connectivity index (χ1n) is 10.1. The summed E-state index contributed by atoms with van der Waals surface area (Å²) in [6, 6.07) is 11.0. The Bertz CT molecular complexity index is 929. The normalized spacial score (nSPS) is 15.8. The van der Waals surface area contributed by atoms with Crippen LogP contribution in [0.5, 0.6) is 11.5 Å². The van der Waals surface area contributed by atoms with E-state index in [-0.39, 0.29) is 24.4 Å². The Morgan fingerprint density at radius 1 is 1.13 bits per heavy atom. The molecule has 2 aromatic rings. The van der Waals surface area contributed by atoms with Crippen LogP contribution in [0.25, 0.3) is 0 Å². The summed E-state index contributed by atoms with van der Waals surface area (Å²) in [5, 5.41) is 5.74. The van der Waals surface area contributed by atoms with Gasteiger partial charge < -0.3 is 25.0 Å². The number of rotatable bonds is 7. The standard InChI is InChI=1S/C23H29N3O4/c1-5-30-21-11-17(7-9-20(21)29-4)13-24-23(28)25-18-12-22(27)26(14-18)19-8-6-15(2)16(3)10-19/h6-11,18H,5,12-14H2,1-4H3,(H2,24,25,28). The summed E-state index contributed by atoms with van der Waals surface area (Å²) in [6.45, 7) is 7.31. The molecular weight excluding hydrogens is 382 g/mol. The fraction of sp³-hybridized carbons (Fsp3) is 0.391. The third-order valence-electron chi connectivity index (χ3n) is 5.24. The predicted molar refractivity (Wildman–Crippen MR) is 116 cm³/mol. The number of carbonyl (C=O) groups is 2. The summed E-state index contributed by atoms with van der Waals surface area (Å²) >= 11 is 0. The van der Waals surface area contributed by atoms with Crippen LogP contribution in [0, 0.1) is 13.8 Å². The number of urea groups is 1. The Morgan fingerprint density at radius 3 is 2.63 bits per heavy atom. The number of hydrogen-bond donors (Lipinski definition) is 2. The number of ether oxygens (including phenoxy) is 2. The second-order valence-electron chi connectivity index (χ2n) is 7.42. The number of nitrogens with zero attached hydrogens (tertiary/aromatic N) is 1. The van der Waals surface area contributed by atoms with Crippen molar-refractivity contribution in [2.24, 2.45) is 0 Å². The Kier molecular flexibility index (Phi) is 6.82. The molecule has 30 heavy (non-hydrogen) atoms. The summed E-state index contributed by atoms with van der Waals surface area (Å²) in [7, 11) is 1.59. The van der Waals surface area contributed by atoms with Crippen molar-refractivity contribution in [3.05, 3.63) is 53.1 Å². The zero-order valence-corrected chi connectivity index (χ0v) is 18.0.